The van der Waals surface area contributed by atoms with Crippen LogP contribution in [0.3, 0.4) is 0 Å². The molecule has 0 spiro atoms. The van der Waals surface area contributed by atoms with Gasteiger partial charge in [0.25, 0.3) is 0 Å². The fourth-order valence-electron chi connectivity index (χ4n) is 4.17. The Morgan fingerprint density at radius 2 is 2.20 bits per heavy atom. The first-order chi connectivity index (χ1) is 11.9. The SMILES string of the molecule is CC#CC[C@@H](C)[C@@H](O)/C=C/[C@@H]1[C@H]2CC(=CCCC(N)=O)C[C@H]2C[C@H]1O. The van der Waals surface area contributed by atoms with Gasteiger partial charge in [-0.1, -0.05) is 30.7 Å². The molecule has 2 aliphatic carbocycles. The third-order valence-corrected chi connectivity index (χ3v) is 5.65. The Balaban J connectivity index is 1.93. The lowest BCUT2D eigenvalue weighted by Gasteiger charge is -2.19. The summed E-state index contributed by atoms with van der Waals surface area (Å²) in [6, 6.07) is 0. The zero-order valence-corrected chi connectivity index (χ0v) is 15.3. The molecule has 6 atom stereocenters. The van der Waals surface area contributed by atoms with Gasteiger partial charge in [0.15, 0.2) is 0 Å². The number of allylic oxidation sites excluding steroid dienone is 2. The van der Waals surface area contributed by atoms with Crippen LogP contribution in [0.15, 0.2) is 23.8 Å². The van der Waals surface area contributed by atoms with Crippen molar-refractivity contribution >= 4 is 5.91 Å². The second-order valence-electron chi connectivity index (χ2n) is 7.56. The Morgan fingerprint density at radius 1 is 1.44 bits per heavy atom. The highest BCUT2D eigenvalue weighted by atomic mass is 16.3. The minimum atomic E-state index is -0.529. The third kappa shape index (κ3) is 5.45. The van der Waals surface area contributed by atoms with Crippen LogP contribution in [0.25, 0.3) is 0 Å². The summed E-state index contributed by atoms with van der Waals surface area (Å²) in [6.07, 6.45) is 9.74. The van der Waals surface area contributed by atoms with E-state index in [9.17, 15) is 15.0 Å². The quantitative estimate of drug-likeness (QED) is 0.490. The number of hydrogen-bond acceptors (Lipinski definition) is 3. The molecule has 0 aromatic heterocycles. The van der Waals surface area contributed by atoms with Gasteiger partial charge in [0.1, 0.15) is 0 Å². The van der Waals surface area contributed by atoms with E-state index in [1.54, 1.807) is 6.92 Å². The summed E-state index contributed by atoms with van der Waals surface area (Å²) in [5.74, 6) is 6.73. The molecule has 4 nitrogen and oxygen atoms in total. The summed E-state index contributed by atoms with van der Waals surface area (Å²) in [7, 11) is 0. The predicted octanol–water partition coefficient (Wildman–Crippen LogP) is 2.55. The monoisotopic (exact) mass is 345 g/mol. The van der Waals surface area contributed by atoms with Crippen molar-refractivity contribution in [1.29, 1.82) is 0 Å². The van der Waals surface area contributed by atoms with Crippen molar-refractivity contribution in [3.05, 3.63) is 23.8 Å². The molecule has 2 rings (SSSR count). The molecule has 2 fully saturated rings. The number of nitrogens with two attached hydrogens (primary N) is 1. The number of aliphatic hydroxyl groups is 2. The summed E-state index contributed by atoms with van der Waals surface area (Å²) in [6.45, 7) is 3.79. The van der Waals surface area contributed by atoms with Crippen LogP contribution in [-0.2, 0) is 4.79 Å². The predicted molar refractivity (Wildman–Crippen MR) is 99.2 cm³/mol. The highest BCUT2D eigenvalue weighted by molar-refractivity contribution is 5.73. The van der Waals surface area contributed by atoms with Gasteiger partial charge in [-0.15, -0.1) is 11.8 Å². The van der Waals surface area contributed by atoms with Crippen LogP contribution >= 0.6 is 0 Å². The van der Waals surface area contributed by atoms with Gasteiger partial charge in [0.2, 0.25) is 5.91 Å². The van der Waals surface area contributed by atoms with E-state index in [4.69, 9.17) is 5.73 Å². The van der Waals surface area contributed by atoms with E-state index >= 15 is 0 Å². The molecule has 0 heterocycles. The summed E-state index contributed by atoms with van der Waals surface area (Å²) < 4.78 is 0. The molecule has 4 N–H and O–H groups in total. The first-order valence-electron chi connectivity index (χ1n) is 9.32. The van der Waals surface area contributed by atoms with E-state index in [0.717, 1.165) is 19.3 Å². The average molecular weight is 345 g/mol. The molecule has 4 heteroatoms. The van der Waals surface area contributed by atoms with Gasteiger partial charge in [-0.05, 0) is 50.4 Å². The van der Waals surface area contributed by atoms with Gasteiger partial charge >= 0.3 is 0 Å². The normalized spacial score (nSPS) is 32.4. The summed E-state index contributed by atoms with van der Waals surface area (Å²) in [4.78, 5) is 10.9. The lowest BCUT2D eigenvalue weighted by Crippen LogP contribution is -2.19. The van der Waals surface area contributed by atoms with Crippen LogP contribution in [-0.4, -0.2) is 28.3 Å². The van der Waals surface area contributed by atoms with Crippen molar-refractivity contribution in [2.45, 2.75) is 64.6 Å². The molecule has 0 aromatic carbocycles. The first-order valence-corrected chi connectivity index (χ1v) is 9.32. The van der Waals surface area contributed by atoms with Crippen molar-refractivity contribution in [2.75, 3.05) is 0 Å². The van der Waals surface area contributed by atoms with Crippen LogP contribution in [0.4, 0.5) is 0 Å². The number of amides is 1. The van der Waals surface area contributed by atoms with Crippen LogP contribution in [0.1, 0.15) is 52.4 Å². The molecular weight excluding hydrogens is 314 g/mol. The van der Waals surface area contributed by atoms with Crippen molar-refractivity contribution in [3.8, 4) is 11.8 Å². The molecule has 1 amide bonds. The Kier molecular flexibility index (Phi) is 7.28. The maximum absolute atomic E-state index is 10.9. The van der Waals surface area contributed by atoms with Gasteiger partial charge in [0.05, 0.1) is 12.2 Å². The molecule has 0 bridgehead atoms. The number of hydrogen-bond donors (Lipinski definition) is 3. The summed E-state index contributed by atoms with van der Waals surface area (Å²) in [5, 5.41) is 20.6. The number of rotatable bonds is 7. The molecule has 0 aromatic rings. The van der Waals surface area contributed by atoms with Crippen LogP contribution in [0.2, 0.25) is 0 Å². The summed E-state index contributed by atoms with van der Waals surface area (Å²) >= 11 is 0. The van der Waals surface area contributed by atoms with Crippen molar-refractivity contribution < 1.29 is 15.0 Å². The molecular formula is C21H31NO3. The average Bonchev–Trinajstić information content (AvgIpc) is 3.06. The number of fused-ring (bicyclic) bond motifs is 1. The van der Waals surface area contributed by atoms with Crippen molar-refractivity contribution in [3.63, 3.8) is 0 Å². The van der Waals surface area contributed by atoms with E-state index in [1.807, 2.05) is 19.1 Å². The summed E-state index contributed by atoms with van der Waals surface area (Å²) in [5.41, 5.74) is 6.57. The van der Waals surface area contributed by atoms with Crippen LogP contribution in [0.5, 0.6) is 0 Å². The number of carbonyl (C=O) groups excluding carboxylic acids is 1. The first kappa shape index (κ1) is 19.8. The number of aliphatic hydroxyl groups excluding tert-OH is 2. The second-order valence-corrected chi connectivity index (χ2v) is 7.56. The Bertz CT molecular complexity index is 584. The zero-order chi connectivity index (χ0) is 18.4. The lowest BCUT2D eigenvalue weighted by molar-refractivity contribution is -0.117. The Labute approximate surface area is 151 Å². The van der Waals surface area contributed by atoms with E-state index in [2.05, 4.69) is 17.9 Å². The smallest absolute Gasteiger partial charge is 0.217 e. The van der Waals surface area contributed by atoms with E-state index < -0.39 is 6.10 Å². The third-order valence-electron chi connectivity index (χ3n) is 5.65. The second kappa shape index (κ2) is 9.22. The molecule has 0 saturated heterocycles. The van der Waals surface area contributed by atoms with E-state index in [-0.39, 0.29) is 23.8 Å². The zero-order valence-electron chi connectivity index (χ0n) is 15.3. The lowest BCUT2D eigenvalue weighted by atomic mass is 9.89. The number of carbonyl (C=O) groups is 1. The minimum absolute atomic E-state index is 0.0888. The Morgan fingerprint density at radius 3 is 2.88 bits per heavy atom. The fourth-order valence-corrected chi connectivity index (χ4v) is 4.17. The van der Waals surface area contributed by atoms with Crippen molar-refractivity contribution in [1.82, 2.24) is 0 Å². The van der Waals surface area contributed by atoms with Crippen LogP contribution in [0, 0.1) is 35.5 Å². The van der Waals surface area contributed by atoms with E-state index in [0.29, 0.717) is 31.1 Å². The highest BCUT2D eigenvalue weighted by Crippen LogP contribution is 2.50. The fraction of sp³-hybridized carbons (Fsp3) is 0.667. The largest absolute Gasteiger partial charge is 0.392 e. The molecule has 0 aliphatic heterocycles. The van der Waals surface area contributed by atoms with Crippen molar-refractivity contribution in [2.24, 2.45) is 29.4 Å². The standard InChI is InChI=1S/C21H31NO3/c1-3-4-6-14(2)19(23)10-9-17-18-12-15(7-5-8-21(22)25)11-16(18)13-20(17)24/h7,9-10,14,16-20,23-24H,5-6,8,11-13H2,1-2H3,(H2,22,25)/b10-9+,15-7?/t14-,16+,17-,18+,19+,20-/m1/s1. The van der Waals surface area contributed by atoms with Gasteiger partial charge in [-0.25, -0.2) is 0 Å². The number of primary amides is 1. The van der Waals surface area contributed by atoms with E-state index in [1.165, 1.54) is 5.57 Å². The van der Waals surface area contributed by atoms with Crippen LogP contribution < -0.4 is 5.73 Å². The minimum Gasteiger partial charge on any atom is -0.392 e. The maximum Gasteiger partial charge on any atom is 0.217 e. The molecule has 2 saturated carbocycles. The van der Waals surface area contributed by atoms with Gasteiger partial charge in [-0.3, -0.25) is 4.79 Å². The molecule has 0 radical (unpaired) electrons. The molecule has 138 valence electrons. The van der Waals surface area contributed by atoms with Gasteiger partial charge < -0.3 is 15.9 Å². The topological polar surface area (TPSA) is 83.5 Å². The van der Waals surface area contributed by atoms with Gasteiger partial charge in [0, 0.05) is 18.8 Å². The maximum atomic E-state index is 10.9. The molecule has 0 unspecified atom stereocenters. The highest BCUT2D eigenvalue weighted by Gasteiger charge is 2.44. The molecule has 2 aliphatic rings. The van der Waals surface area contributed by atoms with Gasteiger partial charge in [-0.2, -0.15) is 0 Å². The Hall–Kier alpha value is -1.57. The molecule has 25 heavy (non-hydrogen) atoms.